The van der Waals surface area contributed by atoms with E-state index < -0.39 is 6.04 Å². The van der Waals surface area contributed by atoms with Crippen molar-refractivity contribution in [3.8, 4) is 0 Å². The number of hydrogen-bond donors (Lipinski definition) is 1. The minimum absolute atomic E-state index is 0.0167. The normalized spacial score (nSPS) is 11.7. The Hall–Kier alpha value is -2.27. The third kappa shape index (κ3) is 6.71. The summed E-state index contributed by atoms with van der Waals surface area (Å²) < 4.78 is 0. The van der Waals surface area contributed by atoms with Gasteiger partial charge < -0.3 is 10.2 Å². The molecule has 2 rings (SSSR count). The fraction of sp³-hybridized carbons (Fsp3) is 0.391. The van der Waals surface area contributed by atoms with Crippen LogP contribution in [0.25, 0.3) is 0 Å². The maximum Gasteiger partial charge on any atom is 0.242 e. The SMILES string of the molecule is CCNC(=O)C(C)N(Cc1ccccc1)C(=O)CSCc1cc(C)cc(C)c1. The van der Waals surface area contributed by atoms with Crippen molar-refractivity contribution < 1.29 is 9.59 Å². The summed E-state index contributed by atoms with van der Waals surface area (Å²) in [5.41, 5.74) is 4.71. The van der Waals surface area contributed by atoms with Crippen LogP contribution in [-0.2, 0) is 21.9 Å². The second-order valence-corrected chi connectivity index (χ2v) is 8.05. The average Bonchev–Trinajstić information content (AvgIpc) is 2.65. The van der Waals surface area contributed by atoms with Crippen LogP contribution in [0.15, 0.2) is 48.5 Å². The molecule has 1 atom stereocenters. The highest BCUT2D eigenvalue weighted by Crippen LogP contribution is 2.18. The number of nitrogens with zero attached hydrogens (tertiary/aromatic N) is 1. The molecule has 5 heteroatoms. The molecule has 0 aromatic heterocycles. The van der Waals surface area contributed by atoms with E-state index in [9.17, 15) is 9.59 Å². The van der Waals surface area contributed by atoms with Gasteiger partial charge in [-0.3, -0.25) is 9.59 Å². The van der Waals surface area contributed by atoms with Gasteiger partial charge in [-0.25, -0.2) is 0 Å². The average molecular weight is 399 g/mol. The van der Waals surface area contributed by atoms with E-state index in [2.05, 4.69) is 37.4 Å². The highest BCUT2D eigenvalue weighted by Gasteiger charge is 2.25. The zero-order valence-electron chi connectivity index (χ0n) is 17.2. The number of rotatable bonds is 9. The second kappa shape index (κ2) is 10.9. The molecule has 0 saturated carbocycles. The monoisotopic (exact) mass is 398 g/mol. The van der Waals surface area contributed by atoms with Gasteiger partial charge in [0.05, 0.1) is 5.75 Å². The van der Waals surface area contributed by atoms with Crippen LogP contribution in [0.3, 0.4) is 0 Å². The molecule has 4 nitrogen and oxygen atoms in total. The summed E-state index contributed by atoms with van der Waals surface area (Å²) in [6, 6.07) is 15.8. The van der Waals surface area contributed by atoms with Crippen LogP contribution in [0.5, 0.6) is 0 Å². The van der Waals surface area contributed by atoms with Crippen molar-refractivity contribution in [2.75, 3.05) is 12.3 Å². The van der Waals surface area contributed by atoms with E-state index in [1.54, 1.807) is 23.6 Å². The zero-order valence-corrected chi connectivity index (χ0v) is 18.0. The van der Waals surface area contributed by atoms with Crippen molar-refractivity contribution in [3.05, 3.63) is 70.8 Å². The van der Waals surface area contributed by atoms with Crippen molar-refractivity contribution in [2.45, 2.75) is 46.0 Å². The van der Waals surface area contributed by atoms with Crippen LogP contribution in [0.2, 0.25) is 0 Å². The second-order valence-electron chi connectivity index (χ2n) is 7.07. The highest BCUT2D eigenvalue weighted by molar-refractivity contribution is 7.99. The number of hydrogen-bond acceptors (Lipinski definition) is 3. The largest absolute Gasteiger partial charge is 0.355 e. The topological polar surface area (TPSA) is 49.4 Å². The molecular formula is C23H30N2O2S. The fourth-order valence-corrected chi connectivity index (χ4v) is 4.02. The van der Waals surface area contributed by atoms with Gasteiger partial charge in [-0.2, -0.15) is 0 Å². The fourth-order valence-electron chi connectivity index (χ4n) is 3.18. The Morgan fingerprint density at radius 2 is 1.68 bits per heavy atom. The molecule has 2 amide bonds. The third-order valence-corrected chi connectivity index (χ3v) is 5.48. The van der Waals surface area contributed by atoms with Crippen LogP contribution in [0.1, 0.15) is 36.1 Å². The number of thioether (sulfide) groups is 1. The molecule has 2 aromatic carbocycles. The standard InChI is InChI=1S/C23H30N2O2S/c1-5-24-23(27)19(4)25(14-20-9-7-6-8-10-20)22(26)16-28-15-21-12-17(2)11-18(3)13-21/h6-13,19H,5,14-16H2,1-4H3,(H,24,27). The molecule has 0 saturated heterocycles. The Morgan fingerprint density at radius 3 is 2.29 bits per heavy atom. The molecule has 0 aliphatic rings. The first-order valence-electron chi connectivity index (χ1n) is 9.66. The summed E-state index contributed by atoms with van der Waals surface area (Å²) in [5.74, 6) is 0.995. The predicted octanol–water partition coefficient (Wildman–Crippen LogP) is 4.09. The number of aryl methyl sites for hydroxylation is 2. The predicted molar refractivity (Wildman–Crippen MR) is 117 cm³/mol. The van der Waals surface area contributed by atoms with Crippen molar-refractivity contribution in [1.82, 2.24) is 10.2 Å². The molecule has 0 bridgehead atoms. The van der Waals surface area contributed by atoms with Gasteiger partial charge in [0.25, 0.3) is 0 Å². The van der Waals surface area contributed by atoms with E-state index in [0.717, 1.165) is 11.3 Å². The summed E-state index contributed by atoms with van der Waals surface area (Å²) >= 11 is 1.59. The first-order chi connectivity index (χ1) is 13.4. The molecule has 28 heavy (non-hydrogen) atoms. The highest BCUT2D eigenvalue weighted by atomic mass is 32.2. The Bertz CT molecular complexity index is 772. The van der Waals surface area contributed by atoms with Crippen molar-refractivity contribution >= 4 is 23.6 Å². The number of likely N-dealkylation sites (N-methyl/N-ethyl adjacent to an activating group) is 1. The molecule has 0 fully saturated rings. The lowest BCUT2D eigenvalue weighted by Crippen LogP contribution is -2.48. The quantitative estimate of drug-likeness (QED) is 0.692. The maximum atomic E-state index is 12.9. The number of amides is 2. The Morgan fingerprint density at radius 1 is 1.04 bits per heavy atom. The van der Waals surface area contributed by atoms with E-state index in [1.807, 2.05) is 37.3 Å². The number of carbonyl (C=O) groups is 2. The number of benzene rings is 2. The maximum absolute atomic E-state index is 12.9. The minimum atomic E-state index is -0.505. The number of nitrogens with one attached hydrogen (secondary N) is 1. The van der Waals surface area contributed by atoms with Gasteiger partial charge in [-0.15, -0.1) is 11.8 Å². The summed E-state index contributed by atoms with van der Waals surface area (Å²) in [6.07, 6.45) is 0. The summed E-state index contributed by atoms with van der Waals surface area (Å²) in [4.78, 5) is 27.0. The summed E-state index contributed by atoms with van der Waals surface area (Å²) in [5, 5.41) is 2.82. The van der Waals surface area contributed by atoms with Gasteiger partial charge in [-0.1, -0.05) is 59.7 Å². The Balaban J connectivity index is 2.03. The van der Waals surface area contributed by atoms with Crippen molar-refractivity contribution in [3.63, 3.8) is 0 Å². The molecular weight excluding hydrogens is 368 g/mol. The Kier molecular flexibility index (Phi) is 8.58. The van der Waals surface area contributed by atoms with Gasteiger partial charge in [-0.05, 0) is 38.8 Å². The van der Waals surface area contributed by atoms with E-state index >= 15 is 0 Å². The molecule has 0 heterocycles. The third-order valence-electron chi connectivity index (χ3n) is 4.49. The first-order valence-corrected chi connectivity index (χ1v) is 10.8. The van der Waals surface area contributed by atoms with Gasteiger partial charge >= 0.3 is 0 Å². The molecule has 2 aromatic rings. The van der Waals surface area contributed by atoms with Gasteiger partial charge in [0.2, 0.25) is 11.8 Å². The lowest BCUT2D eigenvalue weighted by molar-refractivity contribution is -0.138. The van der Waals surface area contributed by atoms with Crippen LogP contribution in [0, 0.1) is 13.8 Å². The molecule has 0 aliphatic heterocycles. The van der Waals surface area contributed by atoms with E-state index in [-0.39, 0.29) is 11.8 Å². The molecule has 0 radical (unpaired) electrons. The minimum Gasteiger partial charge on any atom is -0.355 e. The molecule has 1 unspecified atom stereocenters. The van der Waals surface area contributed by atoms with Gasteiger partial charge in [0.1, 0.15) is 6.04 Å². The lowest BCUT2D eigenvalue weighted by atomic mass is 10.1. The lowest BCUT2D eigenvalue weighted by Gasteiger charge is -2.28. The van der Waals surface area contributed by atoms with Crippen LogP contribution >= 0.6 is 11.8 Å². The van der Waals surface area contributed by atoms with Crippen molar-refractivity contribution in [2.24, 2.45) is 0 Å². The van der Waals surface area contributed by atoms with Crippen molar-refractivity contribution in [1.29, 1.82) is 0 Å². The zero-order chi connectivity index (χ0) is 20.5. The number of carbonyl (C=O) groups excluding carboxylic acids is 2. The summed E-state index contributed by atoms with van der Waals surface area (Å²) in [6.45, 7) is 8.83. The molecule has 150 valence electrons. The molecule has 0 aliphatic carbocycles. The van der Waals surface area contributed by atoms with E-state index in [1.165, 1.54) is 16.7 Å². The Labute approximate surface area is 172 Å². The first kappa shape index (κ1) is 22.0. The van der Waals surface area contributed by atoms with E-state index in [0.29, 0.717) is 18.8 Å². The summed E-state index contributed by atoms with van der Waals surface area (Å²) in [7, 11) is 0. The smallest absolute Gasteiger partial charge is 0.242 e. The molecule has 0 spiro atoms. The molecule has 1 N–H and O–H groups in total. The van der Waals surface area contributed by atoms with E-state index in [4.69, 9.17) is 0 Å². The van der Waals surface area contributed by atoms with Crippen LogP contribution < -0.4 is 5.32 Å². The van der Waals surface area contributed by atoms with Crippen LogP contribution in [0.4, 0.5) is 0 Å². The van der Waals surface area contributed by atoms with Gasteiger partial charge in [0, 0.05) is 18.8 Å². The van der Waals surface area contributed by atoms with Gasteiger partial charge in [0.15, 0.2) is 0 Å². The van der Waals surface area contributed by atoms with Crippen LogP contribution in [-0.4, -0.2) is 35.1 Å².